The van der Waals surface area contributed by atoms with Crippen molar-refractivity contribution >= 4 is 11.9 Å². The molecule has 0 spiro atoms. The van der Waals surface area contributed by atoms with Gasteiger partial charge in [-0.1, -0.05) is 0 Å². The number of carboxylic acid groups (broad SMARTS) is 1. The fourth-order valence-corrected chi connectivity index (χ4v) is 0.665. The van der Waals surface area contributed by atoms with Crippen LogP contribution in [0.25, 0.3) is 0 Å². The lowest BCUT2D eigenvalue weighted by Gasteiger charge is -2.15. The first kappa shape index (κ1) is 8.25. The van der Waals surface area contributed by atoms with Gasteiger partial charge in [0.15, 0.2) is 5.82 Å². The van der Waals surface area contributed by atoms with Gasteiger partial charge in [-0.2, -0.15) is 0 Å². The van der Waals surface area contributed by atoms with Gasteiger partial charge in [-0.05, 0) is 0 Å². The summed E-state index contributed by atoms with van der Waals surface area (Å²) in [5.41, 5.74) is 2.11. The molecule has 0 aliphatic heterocycles. The first-order valence-corrected chi connectivity index (χ1v) is 3.19. The minimum atomic E-state index is -1.14. The minimum absolute atomic E-state index is 0.444. The topological polar surface area (TPSA) is 78.4 Å². The first-order chi connectivity index (χ1) is 5.70. The number of hydrogen-bond acceptors (Lipinski definition) is 4. The molecule has 6 nitrogen and oxygen atoms in total. The Morgan fingerprint density at radius 3 is 2.92 bits per heavy atom. The normalized spacial score (nSPS) is 9.08. The average molecular weight is 168 g/mol. The summed E-state index contributed by atoms with van der Waals surface area (Å²) < 4.78 is 0. The Morgan fingerprint density at radius 1 is 1.67 bits per heavy atom. The van der Waals surface area contributed by atoms with Gasteiger partial charge < -0.3 is 5.11 Å². The molecule has 0 radical (unpaired) electrons. The largest absolute Gasteiger partial charge is 0.464 e. The molecule has 0 bridgehead atoms. The molecule has 0 unspecified atom stereocenters. The molecule has 0 saturated heterocycles. The summed E-state index contributed by atoms with van der Waals surface area (Å²) in [6.45, 7) is 0. The Hall–Kier alpha value is -1.85. The first-order valence-electron chi connectivity index (χ1n) is 3.19. The van der Waals surface area contributed by atoms with Gasteiger partial charge in [-0.3, -0.25) is 9.99 Å². The minimum Gasteiger partial charge on any atom is -0.464 e. The van der Waals surface area contributed by atoms with Crippen molar-refractivity contribution in [2.24, 2.45) is 0 Å². The zero-order valence-electron chi connectivity index (χ0n) is 6.43. The average Bonchev–Trinajstić information content (AvgIpc) is 2.05. The zero-order chi connectivity index (χ0) is 8.97. The second kappa shape index (κ2) is 3.51. The van der Waals surface area contributed by atoms with Gasteiger partial charge in [0.1, 0.15) is 0 Å². The molecule has 0 atom stereocenters. The van der Waals surface area contributed by atoms with E-state index < -0.39 is 6.09 Å². The molecule has 0 aliphatic carbocycles. The third kappa shape index (κ3) is 2.08. The van der Waals surface area contributed by atoms with E-state index in [4.69, 9.17) is 5.11 Å². The number of hydrogen-bond donors (Lipinski definition) is 2. The monoisotopic (exact) mass is 168 g/mol. The standard InChI is InChI=1S/C6H8N4O2/c1-10(9-6(11)12)5-4-7-2-3-8-5/h2-4,9H,1H3,(H,11,12). The second-order valence-corrected chi connectivity index (χ2v) is 2.04. The van der Waals surface area contributed by atoms with Crippen LogP contribution >= 0.6 is 0 Å². The summed E-state index contributed by atoms with van der Waals surface area (Å²) in [7, 11) is 1.54. The molecule has 1 heterocycles. The van der Waals surface area contributed by atoms with Gasteiger partial charge in [0, 0.05) is 19.4 Å². The van der Waals surface area contributed by atoms with Crippen LogP contribution in [0.5, 0.6) is 0 Å². The number of anilines is 1. The van der Waals surface area contributed by atoms with Gasteiger partial charge in [0.2, 0.25) is 0 Å². The maximum atomic E-state index is 10.2. The molecule has 1 aromatic heterocycles. The lowest BCUT2D eigenvalue weighted by atomic mass is 10.6. The van der Waals surface area contributed by atoms with Crippen molar-refractivity contribution in [1.29, 1.82) is 0 Å². The van der Waals surface area contributed by atoms with Gasteiger partial charge in [0.25, 0.3) is 0 Å². The quantitative estimate of drug-likeness (QED) is 0.612. The Morgan fingerprint density at radius 2 is 2.42 bits per heavy atom. The maximum Gasteiger partial charge on any atom is 0.423 e. The van der Waals surface area contributed by atoms with Crippen LogP contribution in [0.2, 0.25) is 0 Å². The molecule has 12 heavy (non-hydrogen) atoms. The molecule has 0 fully saturated rings. The van der Waals surface area contributed by atoms with E-state index in [-0.39, 0.29) is 0 Å². The Labute approximate surface area is 68.8 Å². The molecule has 64 valence electrons. The highest BCUT2D eigenvalue weighted by atomic mass is 16.4. The van der Waals surface area contributed by atoms with Crippen LogP contribution in [0.1, 0.15) is 0 Å². The van der Waals surface area contributed by atoms with Crippen LogP contribution in [0.4, 0.5) is 10.6 Å². The van der Waals surface area contributed by atoms with Crippen molar-refractivity contribution < 1.29 is 9.90 Å². The lowest BCUT2D eigenvalue weighted by molar-refractivity contribution is 0.194. The van der Waals surface area contributed by atoms with Crippen molar-refractivity contribution in [2.45, 2.75) is 0 Å². The van der Waals surface area contributed by atoms with Crippen LogP contribution in [0.3, 0.4) is 0 Å². The van der Waals surface area contributed by atoms with E-state index in [1.807, 2.05) is 0 Å². The van der Waals surface area contributed by atoms with Gasteiger partial charge in [0.05, 0.1) is 6.20 Å². The van der Waals surface area contributed by atoms with E-state index in [0.29, 0.717) is 5.82 Å². The summed E-state index contributed by atoms with van der Waals surface area (Å²) in [4.78, 5) is 17.8. The lowest BCUT2D eigenvalue weighted by Crippen LogP contribution is -2.38. The summed E-state index contributed by atoms with van der Waals surface area (Å²) in [6.07, 6.45) is 3.31. The maximum absolute atomic E-state index is 10.2. The third-order valence-corrected chi connectivity index (χ3v) is 1.16. The third-order valence-electron chi connectivity index (χ3n) is 1.16. The van der Waals surface area contributed by atoms with Gasteiger partial charge >= 0.3 is 6.09 Å². The van der Waals surface area contributed by atoms with Crippen molar-refractivity contribution in [1.82, 2.24) is 15.4 Å². The molecule has 0 aromatic carbocycles. The highest BCUT2D eigenvalue weighted by Crippen LogP contribution is 2.00. The molecule has 1 aromatic rings. The molecular weight excluding hydrogens is 160 g/mol. The number of hydrazine groups is 1. The van der Waals surface area contributed by atoms with Crippen molar-refractivity contribution in [3.8, 4) is 0 Å². The highest BCUT2D eigenvalue weighted by Gasteiger charge is 2.03. The summed E-state index contributed by atoms with van der Waals surface area (Å²) in [5, 5.41) is 9.60. The predicted molar refractivity (Wildman–Crippen MR) is 41.6 cm³/mol. The Balaban J connectivity index is 2.65. The summed E-state index contributed by atoms with van der Waals surface area (Å²) >= 11 is 0. The molecule has 1 rings (SSSR count). The van der Waals surface area contributed by atoms with E-state index in [0.717, 1.165) is 0 Å². The van der Waals surface area contributed by atoms with Crippen LogP contribution in [0, 0.1) is 0 Å². The fraction of sp³-hybridized carbons (Fsp3) is 0.167. The highest BCUT2D eigenvalue weighted by molar-refractivity contribution is 5.66. The van der Waals surface area contributed by atoms with Crippen LogP contribution in [0.15, 0.2) is 18.6 Å². The van der Waals surface area contributed by atoms with Crippen molar-refractivity contribution in [3.05, 3.63) is 18.6 Å². The van der Waals surface area contributed by atoms with Gasteiger partial charge in [-0.15, -0.1) is 0 Å². The molecule has 6 heteroatoms. The molecule has 0 saturated carbocycles. The van der Waals surface area contributed by atoms with E-state index in [9.17, 15) is 4.79 Å². The Kier molecular flexibility index (Phi) is 2.42. The number of amides is 1. The van der Waals surface area contributed by atoms with E-state index in [2.05, 4.69) is 15.4 Å². The number of nitrogens with zero attached hydrogens (tertiary/aromatic N) is 3. The molecule has 0 aliphatic rings. The van der Waals surface area contributed by atoms with E-state index in [1.165, 1.54) is 30.6 Å². The Bertz CT molecular complexity index is 264. The van der Waals surface area contributed by atoms with Crippen LogP contribution < -0.4 is 10.4 Å². The number of carbonyl (C=O) groups is 1. The van der Waals surface area contributed by atoms with Crippen LogP contribution in [-0.4, -0.2) is 28.2 Å². The van der Waals surface area contributed by atoms with Crippen molar-refractivity contribution in [2.75, 3.05) is 12.1 Å². The number of nitrogens with one attached hydrogen (secondary N) is 1. The van der Waals surface area contributed by atoms with E-state index >= 15 is 0 Å². The van der Waals surface area contributed by atoms with Crippen LogP contribution in [-0.2, 0) is 0 Å². The second-order valence-electron chi connectivity index (χ2n) is 2.04. The van der Waals surface area contributed by atoms with Crippen molar-refractivity contribution in [3.63, 3.8) is 0 Å². The summed E-state index contributed by atoms with van der Waals surface area (Å²) in [5.74, 6) is 0.444. The smallest absolute Gasteiger partial charge is 0.423 e. The predicted octanol–water partition coefficient (Wildman–Crippen LogP) is 0.0954. The zero-order valence-corrected chi connectivity index (χ0v) is 6.43. The molecule has 2 N–H and O–H groups in total. The van der Waals surface area contributed by atoms with Gasteiger partial charge in [-0.25, -0.2) is 15.2 Å². The van der Waals surface area contributed by atoms with E-state index in [1.54, 1.807) is 0 Å². The number of aromatic nitrogens is 2. The number of rotatable bonds is 2. The molecular formula is C6H8N4O2. The fourth-order valence-electron chi connectivity index (χ4n) is 0.665. The summed E-state index contributed by atoms with van der Waals surface area (Å²) in [6, 6.07) is 0. The molecule has 1 amide bonds. The SMILES string of the molecule is CN(NC(=O)O)c1cnccn1.